The van der Waals surface area contributed by atoms with Crippen molar-refractivity contribution in [2.75, 3.05) is 17.7 Å². The maximum absolute atomic E-state index is 11.5. The number of nitrogen functional groups attached to an aromatic ring is 1. The Morgan fingerprint density at radius 3 is 3.00 bits per heavy atom. The summed E-state index contributed by atoms with van der Waals surface area (Å²) >= 11 is 0. The Labute approximate surface area is 109 Å². The topological polar surface area (TPSA) is 103 Å². The Morgan fingerprint density at radius 1 is 1.53 bits per heavy atom. The SMILES string of the molecule is CCOC(=O)c1ccc(NCc2ncon2)c(N)c1. The van der Waals surface area contributed by atoms with Crippen LogP contribution in [0.3, 0.4) is 0 Å². The van der Waals surface area contributed by atoms with E-state index in [2.05, 4.69) is 20.0 Å². The zero-order valence-corrected chi connectivity index (χ0v) is 10.4. The Balaban J connectivity index is 2.04. The van der Waals surface area contributed by atoms with Crippen LogP contribution in [0.4, 0.5) is 11.4 Å². The van der Waals surface area contributed by atoms with Gasteiger partial charge in [0, 0.05) is 0 Å². The van der Waals surface area contributed by atoms with E-state index in [1.165, 1.54) is 6.39 Å². The van der Waals surface area contributed by atoms with Crippen molar-refractivity contribution in [3.63, 3.8) is 0 Å². The lowest BCUT2D eigenvalue weighted by atomic mass is 10.1. The number of benzene rings is 1. The number of aromatic nitrogens is 2. The second kappa shape index (κ2) is 5.85. The zero-order valence-electron chi connectivity index (χ0n) is 10.4. The number of anilines is 2. The molecule has 100 valence electrons. The van der Waals surface area contributed by atoms with Gasteiger partial charge in [-0.3, -0.25) is 0 Å². The van der Waals surface area contributed by atoms with Crippen molar-refractivity contribution in [1.82, 2.24) is 10.1 Å². The molecule has 0 aliphatic rings. The summed E-state index contributed by atoms with van der Waals surface area (Å²) in [6.45, 7) is 2.47. The highest BCUT2D eigenvalue weighted by molar-refractivity contribution is 5.91. The van der Waals surface area contributed by atoms with Crippen LogP contribution in [-0.2, 0) is 11.3 Å². The number of ether oxygens (including phenoxy) is 1. The lowest BCUT2D eigenvalue weighted by molar-refractivity contribution is 0.0526. The molecule has 2 aromatic rings. The molecule has 2 rings (SSSR count). The van der Waals surface area contributed by atoms with Gasteiger partial charge in [-0.1, -0.05) is 5.16 Å². The number of hydrogen-bond acceptors (Lipinski definition) is 7. The van der Waals surface area contributed by atoms with E-state index < -0.39 is 0 Å². The van der Waals surface area contributed by atoms with Crippen LogP contribution in [0.1, 0.15) is 23.1 Å². The van der Waals surface area contributed by atoms with E-state index in [9.17, 15) is 4.79 Å². The van der Waals surface area contributed by atoms with E-state index in [0.717, 1.165) is 0 Å². The number of carbonyl (C=O) groups is 1. The highest BCUT2D eigenvalue weighted by Gasteiger charge is 2.09. The molecule has 19 heavy (non-hydrogen) atoms. The van der Waals surface area contributed by atoms with E-state index in [1.807, 2.05) is 0 Å². The van der Waals surface area contributed by atoms with Crippen molar-refractivity contribution < 1.29 is 14.1 Å². The molecule has 1 aromatic carbocycles. The number of nitrogens with two attached hydrogens (primary N) is 1. The molecule has 1 aromatic heterocycles. The predicted molar refractivity (Wildman–Crippen MR) is 68.4 cm³/mol. The van der Waals surface area contributed by atoms with E-state index in [1.54, 1.807) is 25.1 Å². The zero-order chi connectivity index (χ0) is 13.7. The molecule has 7 nitrogen and oxygen atoms in total. The van der Waals surface area contributed by atoms with Crippen LogP contribution >= 0.6 is 0 Å². The minimum Gasteiger partial charge on any atom is -0.462 e. The van der Waals surface area contributed by atoms with Crippen LogP contribution in [0.15, 0.2) is 29.1 Å². The standard InChI is InChI=1S/C12H14N4O3/c1-2-18-12(17)8-3-4-10(9(13)5-8)14-6-11-15-7-19-16-11/h3-5,7,14H,2,6,13H2,1H3. The summed E-state index contributed by atoms with van der Waals surface area (Å²) < 4.78 is 9.51. The second-order valence-electron chi connectivity index (χ2n) is 3.72. The number of nitrogens with zero attached hydrogens (tertiary/aromatic N) is 2. The van der Waals surface area contributed by atoms with Crippen molar-refractivity contribution in [2.24, 2.45) is 0 Å². The van der Waals surface area contributed by atoms with Crippen LogP contribution in [0.5, 0.6) is 0 Å². The average molecular weight is 262 g/mol. The van der Waals surface area contributed by atoms with Crippen molar-refractivity contribution in [2.45, 2.75) is 13.5 Å². The van der Waals surface area contributed by atoms with Gasteiger partial charge < -0.3 is 20.3 Å². The lowest BCUT2D eigenvalue weighted by Crippen LogP contribution is -2.08. The molecule has 7 heteroatoms. The normalized spacial score (nSPS) is 10.2. The average Bonchev–Trinajstić information content (AvgIpc) is 2.90. The molecule has 0 atom stereocenters. The Hall–Kier alpha value is -2.57. The first-order valence-electron chi connectivity index (χ1n) is 5.76. The summed E-state index contributed by atoms with van der Waals surface area (Å²) in [5.41, 5.74) is 7.43. The lowest BCUT2D eigenvalue weighted by Gasteiger charge is -2.09. The molecule has 3 N–H and O–H groups in total. The molecular formula is C12H14N4O3. The Morgan fingerprint density at radius 2 is 2.37 bits per heavy atom. The fraction of sp³-hybridized carbons (Fsp3) is 0.250. The van der Waals surface area contributed by atoms with Gasteiger partial charge in [0.2, 0.25) is 6.39 Å². The maximum Gasteiger partial charge on any atom is 0.338 e. The first-order chi connectivity index (χ1) is 9.20. The van der Waals surface area contributed by atoms with Crippen LogP contribution in [0.25, 0.3) is 0 Å². The molecule has 0 unspecified atom stereocenters. The van der Waals surface area contributed by atoms with Gasteiger partial charge in [0.1, 0.15) is 0 Å². The van der Waals surface area contributed by atoms with Crippen molar-refractivity contribution >= 4 is 17.3 Å². The molecule has 0 saturated heterocycles. The smallest absolute Gasteiger partial charge is 0.338 e. The molecule has 0 aliphatic heterocycles. The van der Waals surface area contributed by atoms with Gasteiger partial charge in [-0.25, -0.2) is 4.79 Å². The molecule has 0 saturated carbocycles. The summed E-state index contributed by atoms with van der Waals surface area (Å²) in [6.07, 6.45) is 1.25. The first-order valence-corrected chi connectivity index (χ1v) is 5.76. The van der Waals surface area contributed by atoms with Crippen molar-refractivity contribution in [3.05, 3.63) is 36.0 Å². The fourth-order valence-electron chi connectivity index (χ4n) is 1.51. The summed E-state index contributed by atoms with van der Waals surface area (Å²) in [7, 11) is 0. The third kappa shape index (κ3) is 3.21. The molecule has 0 radical (unpaired) electrons. The summed E-state index contributed by atoms with van der Waals surface area (Å²) in [5.74, 6) is 0.132. The van der Waals surface area contributed by atoms with E-state index in [0.29, 0.717) is 35.9 Å². The monoisotopic (exact) mass is 262 g/mol. The first kappa shape index (κ1) is 12.9. The maximum atomic E-state index is 11.5. The van der Waals surface area contributed by atoms with Crippen LogP contribution in [0, 0.1) is 0 Å². The van der Waals surface area contributed by atoms with Crippen LogP contribution in [0.2, 0.25) is 0 Å². The fourth-order valence-corrected chi connectivity index (χ4v) is 1.51. The molecular weight excluding hydrogens is 248 g/mol. The minimum absolute atomic E-state index is 0.330. The second-order valence-corrected chi connectivity index (χ2v) is 3.72. The molecule has 1 heterocycles. The highest BCUT2D eigenvalue weighted by atomic mass is 16.5. The molecule has 0 aliphatic carbocycles. The summed E-state index contributed by atoms with van der Waals surface area (Å²) in [4.78, 5) is 15.4. The molecule has 0 spiro atoms. The number of esters is 1. The van der Waals surface area contributed by atoms with E-state index >= 15 is 0 Å². The van der Waals surface area contributed by atoms with Gasteiger partial charge in [-0.15, -0.1) is 0 Å². The van der Waals surface area contributed by atoms with Gasteiger partial charge in [-0.05, 0) is 25.1 Å². The van der Waals surface area contributed by atoms with Crippen LogP contribution < -0.4 is 11.1 Å². The predicted octanol–water partition coefficient (Wildman–Crippen LogP) is 1.44. The van der Waals surface area contributed by atoms with Crippen LogP contribution in [-0.4, -0.2) is 22.7 Å². The Bertz CT molecular complexity index is 554. The number of carbonyl (C=O) groups excluding carboxylic acids is 1. The van der Waals surface area contributed by atoms with Gasteiger partial charge in [-0.2, -0.15) is 4.98 Å². The van der Waals surface area contributed by atoms with Gasteiger partial charge in [0.25, 0.3) is 0 Å². The van der Waals surface area contributed by atoms with Gasteiger partial charge in [0.05, 0.1) is 30.1 Å². The largest absolute Gasteiger partial charge is 0.462 e. The van der Waals surface area contributed by atoms with Gasteiger partial charge in [0.15, 0.2) is 5.82 Å². The minimum atomic E-state index is -0.390. The van der Waals surface area contributed by atoms with Gasteiger partial charge >= 0.3 is 5.97 Å². The number of rotatable bonds is 5. The number of hydrogen-bond donors (Lipinski definition) is 2. The van der Waals surface area contributed by atoms with Crippen molar-refractivity contribution in [1.29, 1.82) is 0 Å². The molecule has 0 fully saturated rings. The third-order valence-corrected chi connectivity index (χ3v) is 2.41. The quantitative estimate of drug-likeness (QED) is 0.620. The van der Waals surface area contributed by atoms with E-state index in [-0.39, 0.29) is 5.97 Å². The number of nitrogens with one attached hydrogen (secondary N) is 1. The molecule has 0 amide bonds. The van der Waals surface area contributed by atoms with Crippen molar-refractivity contribution in [3.8, 4) is 0 Å². The molecule has 0 bridgehead atoms. The summed E-state index contributed by atoms with van der Waals surface area (Å²) in [6, 6.07) is 4.92. The Kier molecular flexibility index (Phi) is 3.97. The highest BCUT2D eigenvalue weighted by Crippen LogP contribution is 2.20. The van der Waals surface area contributed by atoms with E-state index in [4.69, 9.17) is 10.5 Å². The third-order valence-electron chi connectivity index (χ3n) is 2.41. The summed E-state index contributed by atoms with van der Waals surface area (Å²) in [5, 5.41) is 6.72.